The first-order valence-electron chi connectivity index (χ1n) is 9.15. The average molecular weight is 437 g/mol. The summed E-state index contributed by atoms with van der Waals surface area (Å²) in [5, 5.41) is 11.1. The normalized spacial score (nSPS) is 25.6. The quantitative estimate of drug-likeness (QED) is 0.339. The molecular formula is C20H23NO8S. The summed E-state index contributed by atoms with van der Waals surface area (Å²) < 4.78 is 27.6. The van der Waals surface area contributed by atoms with Crippen LogP contribution >= 0.6 is 11.8 Å². The highest BCUT2D eigenvalue weighted by Crippen LogP contribution is 2.34. The Morgan fingerprint density at radius 1 is 1.00 bits per heavy atom. The highest BCUT2D eigenvalue weighted by Gasteiger charge is 2.51. The summed E-state index contributed by atoms with van der Waals surface area (Å²) in [6.07, 6.45) is -4.04. The Morgan fingerprint density at radius 2 is 1.63 bits per heavy atom. The van der Waals surface area contributed by atoms with Crippen molar-refractivity contribution >= 4 is 29.7 Å². The predicted octanol–water partition coefficient (Wildman–Crippen LogP) is 1.94. The number of rotatable bonds is 8. The van der Waals surface area contributed by atoms with Crippen LogP contribution in [0.4, 0.5) is 0 Å². The smallest absolute Gasteiger partial charge is 0.303 e. The van der Waals surface area contributed by atoms with E-state index in [0.29, 0.717) is 0 Å². The molecule has 1 fully saturated rings. The first kappa shape index (κ1) is 23.7. The third-order valence-electron chi connectivity index (χ3n) is 4.10. The summed E-state index contributed by atoms with van der Waals surface area (Å²) in [5.41, 5.74) is -0.0266. The predicted molar refractivity (Wildman–Crippen MR) is 105 cm³/mol. The van der Waals surface area contributed by atoms with Gasteiger partial charge in [0.05, 0.1) is 6.61 Å². The zero-order valence-corrected chi connectivity index (χ0v) is 17.6. The molecule has 0 radical (unpaired) electrons. The molecule has 0 bridgehead atoms. The van der Waals surface area contributed by atoms with Crippen LogP contribution in [0.15, 0.2) is 30.3 Å². The Labute approximate surface area is 178 Å². The first-order chi connectivity index (χ1) is 14.3. The summed E-state index contributed by atoms with van der Waals surface area (Å²) in [6, 6.07) is 9.25. The number of thioether (sulfide) groups is 1. The van der Waals surface area contributed by atoms with Gasteiger partial charge in [0, 0.05) is 20.8 Å². The molecule has 1 aromatic rings. The lowest BCUT2D eigenvalue weighted by Crippen LogP contribution is -2.61. The summed E-state index contributed by atoms with van der Waals surface area (Å²) >= 11 is 0.771. The molecule has 0 saturated carbocycles. The van der Waals surface area contributed by atoms with Crippen molar-refractivity contribution in [3.8, 4) is 5.40 Å². The monoisotopic (exact) mass is 437 g/mol. The summed E-state index contributed by atoms with van der Waals surface area (Å²) in [7, 11) is 0. The van der Waals surface area contributed by atoms with Crippen LogP contribution in [0.5, 0.6) is 0 Å². The van der Waals surface area contributed by atoms with Gasteiger partial charge in [-0.2, -0.15) is 5.26 Å². The zero-order chi connectivity index (χ0) is 22.1. The fourth-order valence-electron chi connectivity index (χ4n) is 2.96. The molecule has 0 N–H and O–H groups in total. The Morgan fingerprint density at radius 3 is 2.20 bits per heavy atom. The minimum absolute atomic E-state index is 0.149. The van der Waals surface area contributed by atoms with E-state index in [-0.39, 0.29) is 13.2 Å². The van der Waals surface area contributed by atoms with Crippen molar-refractivity contribution in [2.24, 2.45) is 0 Å². The van der Waals surface area contributed by atoms with Crippen LogP contribution in [0.3, 0.4) is 0 Å². The van der Waals surface area contributed by atoms with Crippen LogP contribution in [-0.2, 0) is 44.7 Å². The lowest BCUT2D eigenvalue weighted by Gasteiger charge is -2.43. The molecule has 0 aliphatic carbocycles. The second-order valence-electron chi connectivity index (χ2n) is 6.46. The van der Waals surface area contributed by atoms with Crippen LogP contribution in [0.2, 0.25) is 0 Å². The van der Waals surface area contributed by atoms with Crippen molar-refractivity contribution in [2.45, 2.75) is 57.2 Å². The second kappa shape index (κ2) is 11.5. The number of thiocyanates is 1. The number of esters is 3. The third kappa shape index (κ3) is 7.02. The van der Waals surface area contributed by atoms with E-state index in [0.717, 1.165) is 17.3 Å². The van der Waals surface area contributed by atoms with Gasteiger partial charge in [0.1, 0.15) is 29.7 Å². The van der Waals surface area contributed by atoms with Crippen LogP contribution in [-0.4, -0.2) is 54.4 Å². The fraction of sp³-hybridized carbons (Fsp3) is 0.500. The first-order valence-corrected chi connectivity index (χ1v) is 10.0. The van der Waals surface area contributed by atoms with Gasteiger partial charge in [-0.3, -0.25) is 14.4 Å². The number of carbonyl (C=O) groups is 3. The van der Waals surface area contributed by atoms with E-state index in [1.165, 1.54) is 20.8 Å². The average Bonchev–Trinajstić information content (AvgIpc) is 2.68. The Bertz CT molecular complexity index is 781. The van der Waals surface area contributed by atoms with Crippen LogP contribution < -0.4 is 0 Å². The van der Waals surface area contributed by atoms with Gasteiger partial charge in [-0.05, 0) is 17.3 Å². The van der Waals surface area contributed by atoms with Crippen molar-refractivity contribution in [3.63, 3.8) is 0 Å². The highest BCUT2D eigenvalue weighted by atomic mass is 32.2. The van der Waals surface area contributed by atoms with Gasteiger partial charge >= 0.3 is 17.9 Å². The van der Waals surface area contributed by atoms with Crippen molar-refractivity contribution in [1.82, 2.24) is 0 Å². The molecular weight excluding hydrogens is 414 g/mol. The van der Waals surface area contributed by atoms with Crippen LogP contribution in [0.1, 0.15) is 26.3 Å². The van der Waals surface area contributed by atoms with Gasteiger partial charge in [-0.1, -0.05) is 30.3 Å². The molecule has 0 amide bonds. The molecule has 1 saturated heterocycles. The molecule has 162 valence electrons. The fourth-order valence-corrected chi connectivity index (χ4v) is 3.63. The molecule has 0 aromatic heterocycles. The standard InChI is InChI=1S/C20H23NO8S/c1-12(22)25-10-16-17(27-13(2)23)18(28-14(3)24)19(20(29-16)30-11-21)26-9-15-7-5-4-6-8-15/h4-8,16-20H,9-10H2,1-3H3/t16-,17-,18+,19-,20+/m1/s1. The van der Waals surface area contributed by atoms with E-state index < -0.39 is 47.8 Å². The van der Waals surface area contributed by atoms with Crippen LogP contribution in [0, 0.1) is 10.7 Å². The molecule has 1 heterocycles. The van der Waals surface area contributed by atoms with Gasteiger partial charge in [-0.15, -0.1) is 0 Å². The van der Waals surface area contributed by atoms with E-state index in [2.05, 4.69) is 0 Å². The zero-order valence-electron chi connectivity index (χ0n) is 16.8. The van der Waals surface area contributed by atoms with Crippen molar-refractivity contribution in [2.75, 3.05) is 6.61 Å². The largest absolute Gasteiger partial charge is 0.463 e. The maximum atomic E-state index is 11.8. The second-order valence-corrected chi connectivity index (χ2v) is 7.35. The third-order valence-corrected chi connectivity index (χ3v) is 4.82. The lowest BCUT2D eigenvalue weighted by atomic mass is 9.99. The SMILES string of the molecule is CC(=O)OC[C@H]1O[C@@H](SC#N)[C@H](OCc2ccccc2)[C@@H](OC(C)=O)[C@@H]1OC(C)=O. The van der Waals surface area contributed by atoms with Gasteiger partial charge in [0.2, 0.25) is 0 Å². The minimum atomic E-state index is -1.10. The highest BCUT2D eigenvalue weighted by molar-refractivity contribution is 8.04. The number of nitrogens with zero attached hydrogens (tertiary/aromatic N) is 1. The Balaban J connectivity index is 2.33. The molecule has 1 aliphatic heterocycles. The summed E-state index contributed by atoms with van der Waals surface area (Å²) in [5.74, 6) is -1.82. The molecule has 30 heavy (non-hydrogen) atoms. The Hall–Kier alpha value is -2.61. The topological polar surface area (TPSA) is 121 Å². The van der Waals surface area contributed by atoms with Gasteiger partial charge in [0.15, 0.2) is 12.2 Å². The molecule has 1 aromatic carbocycles. The Kier molecular flexibility index (Phi) is 9.11. The summed E-state index contributed by atoms with van der Waals surface area (Å²) in [4.78, 5) is 34.7. The molecule has 9 nitrogen and oxygen atoms in total. The molecule has 1 aliphatic rings. The van der Waals surface area contributed by atoms with Crippen molar-refractivity contribution < 1.29 is 38.1 Å². The van der Waals surface area contributed by atoms with E-state index >= 15 is 0 Å². The number of hydrogen-bond donors (Lipinski definition) is 0. The molecule has 0 spiro atoms. The summed E-state index contributed by atoms with van der Waals surface area (Å²) in [6.45, 7) is 3.53. The lowest BCUT2D eigenvalue weighted by molar-refractivity contribution is -0.241. The molecule has 5 atom stereocenters. The maximum Gasteiger partial charge on any atom is 0.303 e. The van der Waals surface area contributed by atoms with E-state index in [4.69, 9.17) is 23.7 Å². The minimum Gasteiger partial charge on any atom is -0.463 e. The molecule has 10 heteroatoms. The maximum absolute atomic E-state index is 11.8. The van der Waals surface area contributed by atoms with Gasteiger partial charge < -0.3 is 23.7 Å². The van der Waals surface area contributed by atoms with Gasteiger partial charge in [0.25, 0.3) is 0 Å². The number of carbonyl (C=O) groups excluding carboxylic acids is 3. The molecule has 0 unspecified atom stereocenters. The van der Waals surface area contributed by atoms with Crippen molar-refractivity contribution in [1.29, 1.82) is 5.26 Å². The van der Waals surface area contributed by atoms with E-state index in [9.17, 15) is 19.6 Å². The number of hydrogen-bond acceptors (Lipinski definition) is 10. The van der Waals surface area contributed by atoms with E-state index in [1.807, 2.05) is 35.7 Å². The number of benzene rings is 1. The number of nitriles is 1. The van der Waals surface area contributed by atoms with E-state index in [1.54, 1.807) is 0 Å². The number of ether oxygens (including phenoxy) is 5. The van der Waals surface area contributed by atoms with Crippen LogP contribution in [0.25, 0.3) is 0 Å². The van der Waals surface area contributed by atoms with Crippen molar-refractivity contribution in [3.05, 3.63) is 35.9 Å². The molecule has 2 rings (SSSR count). The van der Waals surface area contributed by atoms with Gasteiger partial charge in [-0.25, -0.2) is 0 Å².